The molecule has 1 aliphatic rings. The molecule has 3 heteroatoms. The van der Waals surface area contributed by atoms with Crippen molar-refractivity contribution in [1.29, 1.82) is 0 Å². The molecule has 1 heterocycles. The Morgan fingerprint density at radius 3 is 2.53 bits per heavy atom. The molecule has 1 nitrogen and oxygen atoms in total. The first-order valence-corrected chi connectivity index (χ1v) is 7.38. The maximum atomic E-state index is 2.49. The number of fused-ring (bicyclic) bond motifs is 1. The molecule has 1 aromatic rings. The van der Waals surface area contributed by atoms with Crippen LogP contribution in [0.15, 0.2) is 24.3 Å². The van der Waals surface area contributed by atoms with E-state index in [4.69, 9.17) is 0 Å². The largest absolute Gasteiger partial charge is 1.00 e. The molecular formula is C14H19I2N. The summed E-state index contributed by atoms with van der Waals surface area (Å²) < 4.78 is 3.72. The maximum absolute atomic E-state index is 2.49. The second-order valence-corrected chi connectivity index (χ2v) is 6.00. The Bertz CT molecular complexity index is 436. The van der Waals surface area contributed by atoms with Crippen LogP contribution in [0, 0.1) is 0 Å². The van der Waals surface area contributed by atoms with Crippen LogP contribution in [0.1, 0.15) is 32.8 Å². The molecule has 1 aromatic carbocycles. The average molecular weight is 455 g/mol. The number of para-hydroxylation sites is 1. The van der Waals surface area contributed by atoms with Crippen molar-refractivity contribution in [2.24, 2.45) is 0 Å². The van der Waals surface area contributed by atoms with Gasteiger partial charge in [0.2, 0.25) is 5.69 Å². The molecule has 0 atom stereocenters. The monoisotopic (exact) mass is 455 g/mol. The Hall–Kier alpha value is 0.350. The molecule has 0 amide bonds. The first-order valence-electron chi connectivity index (χ1n) is 5.86. The minimum atomic E-state index is 0. The van der Waals surface area contributed by atoms with E-state index in [0.717, 1.165) is 6.54 Å². The van der Waals surface area contributed by atoms with Gasteiger partial charge in [-0.3, -0.25) is 0 Å². The third-order valence-electron chi connectivity index (χ3n) is 3.69. The summed E-state index contributed by atoms with van der Waals surface area (Å²) in [6.07, 6.45) is 1.25. The third kappa shape index (κ3) is 2.69. The molecule has 0 fully saturated rings. The standard InChI is InChI=1S/C14H19IN.HI/c1-11-14(2,3)12-7-4-5-8-13(12)16(11)10-6-9-15;/h4-5,7-8H,6,9-10H2,1-3H3;1H/q+1;/p-1. The minimum Gasteiger partial charge on any atom is -1.00 e. The SMILES string of the molecule is CC1=[N+](CCCI)c2ccccc2C1(C)C.[I-]. The van der Waals surface area contributed by atoms with Crippen molar-refractivity contribution in [1.82, 2.24) is 0 Å². The fourth-order valence-corrected chi connectivity index (χ4v) is 2.80. The van der Waals surface area contributed by atoms with E-state index in [9.17, 15) is 0 Å². The Morgan fingerprint density at radius 2 is 1.88 bits per heavy atom. The smallest absolute Gasteiger partial charge is 0.209 e. The highest BCUT2D eigenvalue weighted by molar-refractivity contribution is 14.1. The zero-order chi connectivity index (χ0) is 11.8. The lowest BCUT2D eigenvalue weighted by Crippen LogP contribution is -3.00. The molecule has 0 N–H and O–H groups in total. The first kappa shape index (κ1) is 15.4. The summed E-state index contributed by atoms with van der Waals surface area (Å²) in [6, 6.07) is 8.81. The maximum Gasteiger partial charge on any atom is 0.209 e. The molecule has 0 saturated heterocycles. The van der Waals surface area contributed by atoms with Gasteiger partial charge in [-0.15, -0.1) is 0 Å². The topological polar surface area (TPSA) is 3.01 Å². The quantitative estimate of drug-likeness (QED) is 0.363. The van der Waals surface area contributed by atoms with Crippen LogP contribution in [-0.4, -0.2) is 21.3 Å². The van der Waals surface area contributed by atoms with E-state index in [2.05, 4.69) is 72.2 Å². The van der Waals surface area contributed by atoms with Crippen molar-refractivity contribution >= 4 is 34.0 Å². The molecule has 0 bridgehead atoms. The van der Waals surface area contributed by atoms with Gasteiger partial charge >= 0.3 is 0 Å². The van der Waals surface area contributed by atoms with Gasteiger partial charge < -0.3 is 24.0 Å². The van der Waals surface area contributed by atoms with Gasteiger partial charge in [0.1, 0.15) is 6.54 Å². The third-order valence-corrected chi connectivity index (χ3v) is 4.46. The number of alkyl halides is 1. The molecule has 0 spiro atoms. The van der Waals surface area contributed by atoms with Gasteiger partial charge in [-0.05, 0) is 13.8 Å². The second kappa shape index (κ2) is 5.99. The van der Waals surface area contributed by atoms with E-state index in [1.54, 1.807) is 0 Å². The van der Waals surface area contributed by atoms with E-state index >= 15 is 0 Å². The van der Waals surface area contributed by atoms with E-state index in [0.29, 0.717) is 0 Å². The number of rotatable bonds is 3. The summed E-state index contributed by atoms with van der Waals surface area (Å²) in [5.74, 6) is 0. The number of hydrogen-bond donors (Lipinski definition) is 0. The highest BCUT2D eigenvalue weighted by Crippen LogP contribution is 2.39. The summed E-state index contributed by atoms with van der Waals surface area (Å²) in [4.78, 5) is 0. The van der Waals surface area contributed by atoms with Gasteiger partial charge in [-0.25, -0.2) is 0 Å². The molecule has 0 saturated carbocycles. The Labute approximate surface area is 135 Å². The predicted octanol–water partition coefficient (Wildman–Crippen LogP) is 0.912. The van der Waals surface area contributed by atoms with Crippen molar-refractivity contribution in [3.8, 4) is 0 Å². The van der Waals surface area contributed by atoms with Crippen molar-refractivity contribution in [3.05, 3.63) is 29.8 Å². The van der Waals surface area contributed by atoms with Gasteiger partial charge in [-0.1, -0.05) is 40.8 Å². The van der Waals surface area contributed by atoms with E-state index < -0.39 is 0 Å². The molecule has 0 aliphatic carbocycles. The van der Waals surface area contributed by atoms with Crippen molar-refractivity contribution < 1.29 is 28.6 Å². The second-order valence-electron chi connectivity index (χ2n) is 4.92. The van der Waals surface area contributed by atoms with Crippen molar-refractivity contribution in [2.75, 3.05) is 11.0 Å². The molecule has 1 aliphatic heterocycles. The highest BCUT2D eigenvalue weighted by Gasteiger charge is 2.42. The van der Waals surface area contributed by atoms with Crippen LogP contribution in [0.2, 0.25) is 0 Å². The van der Waals surface area contributed by atoms with Crippen LogP contribution in [0.5, 0.6) is 0 Å². The average Bonchev–Trinajstić information content (AvgIpc) is 2.47. The molecule has 2 rings (SSSR count). The van der Waals surface area contributed by atoms with E-state index in [-0.39, 0.29) is 29.4 Å². The minimum absolute atomic E-state index is 0. The molecule has 0 unspecified atom stereocenters. The Balaban J connectivity index is 0.00000144. The van der Waals surface area contributed by atoms with Crippen LogP contribution in [0.3, 0.4) is 0 Å². The van der Waals surface area contributed by atoms with Crippen molar-refractivity contribution in [3.63, 3.8) is 0 Å². The summed E-state index contributed by atoms with van der Waals surface area (Å²) in [6.45, 7) is 8.07. The van der Waals surface area contributed by atoms with Gasteiger partial charge in [0, 0.05) is 29.4 Å². The fourth-order valence-electron chi connectivity index (χ4n) is 2.46. The molecule has 0 radical (unpaired) electrons. The van der Waals surface area contributed by atoms with Gasteiger partial charge in [0.25, 0.3) is 0 Å². The predicted molar refractivity (Wildman–Crippen MR) is 78.4 cm³/mol. The van der Waals surface area contributed by atoms with Crippen molar-refractivity contribution in [2.45, 2.75) is 32.6 Å². The van der Waals surface area contributed by atoms with E-state index in [1.165, 1.54) is 27.8 Å². The normalized spacial score (nSPS) is 16.7. The fraction of sp³-hybridized carbons (Fsp3) is 0.500. The molecule has 94 valence electrons. The molecular weight excluding hydrogens is 436 g/mol. The molecule has 17 heavy (non-hydrogen) atoms. The first-order chi connectivity index (χ1) is 7.59. The Morgan fingerprint density at radius 1 is 1.24 bits per heavy atom. The summed E-state index contributed by atoms with van der Waals surface area (Å²) in [7, 11) is 0. The number of nitrogens with zero attached hydrogens (tertiary/aromatic N) is 1. The highest BCUT2D eigenvalue weighted by atomic mass is 127. The van der Waals surface area contributed by atoms with Gasteiger partial charge in [-0.2, -0.15) is 4.58 Å². The van der Waals surface area contributed by atoms with Crippen LogP contribution in [0.4, 0.5) is 5.69 Å². The van der Waals surface area contributed by atoms with Gasteiger partial charge in [0.15, 0.2) is 5.71 Å². The van der Waals surface area contributed by atoms with Gasteiger partial charge in [0.05, 0.1) is 5.41 Å². The number of halogens is 2. The lowest BCUT2D eigenvalue weighted by molar-refractivity contribution is -0.438. The zero-order valence-electron chi connectivity index (χ0n) is 10.6. The number of hydrogen-bond acceptors (Lipinski definition) is 0. The van der Waals surface area contributed by atoms with Crippen LogP contribution in [-0.2, 0) is 5.41 Å². The zero-order valence-corrected chi connectivity index (χ0v) is 14.9. The molecule has 0 aromatic heterocycles. The van der Waals surface area contributed by atoms with E-state index in [1.807, 2.05) is 0 Å². The summed E-state index contributed by atoms with van der Waals surface area (Å²) in [5, 5.41) is 0. The summed E-state index contributed by atoms with van der Waals surface area (Å²) >= 11 is 2.45. The Kier molecular flexibility index (Phi) is 5.43. The van der Waals surface area contributed by atoms with Crippen LogP contribution >= 0.6 is 22.6 Å². The number of benzene rings is 1. The lowest BCUT2D eigenvalue weighted by atomic mass is 9.82. The van der Waals surface area contributed by atoms with Crippen LogP contribution < -0.4 is 24.0 Å². The lowest BCUT2D eigenvalue weighted by Gasteiger charge is -2.14. The summed E-state index contributed by atoms with van der Waals surface area (Å²) in [5.41, 5.74) is 4.57. The van der Waals surface area contributed by atoms with Crippen LogP contribution in [0.25, 0.3) is 0 Å².